The zero-order valence-electron chi connectivity index (χ0n) is 18.8. The van der Waals surface area contributed by atoms with E-state index in [1.54, 1.807) is 38.4 Å². The van der Waals surface area contributed by atoms with Gasteiger partial charge in [-0.2, -0.15) is 0 Å². The molecule has 0 fully saturated rings. The molecule has 0 bridgehead atoms. The summed E-state index contributed by atoms with van der Waals surface area (Å²) < 4.78 is 12.7. The number of benzene rings is 2. The van der Waals surface area contributed by atoms with E-state index in [-0.39, 0.29) is 5.91 Å². The summed E-state index contributed by atoms with van der Waals surface area (Å²) in [5.74, 6) is 1.99. The fourth-order valence-electron chi connectivity index (χ4n) is 3.68. The van der Waals surface area contributed by atoms with Crippen molar-refractivity contribution in [2.45, 2.75) is 30.3 Å². The number of pyridine rings is 1. The molecule has 170 valence electrons. The summed E-state index contributed by atoms with van der Waals surface area (Å²) in [5, 5.41) is 3.79. The van der Waals surface area contributed by atoms with Gasteiger partial charge in [0.25, 0.3) is 0 Å². The molecule has 2 aromatic heterocycles. The third-order valence-corrected chi connectivity index (χ3v) is 6.35. The van der Waals surface area contributed by atoms with Crippen molar-refractivity contribution in [1.29, 1.82) is 0 Å². The van der Waals surface area contributed by atoms with Crippen LogP contribution in [0, 0.1) is 0 Å². The average Bonchev–Trinajstić information content (AvgIpc) is 3.22. The Morgan fingerprint density at radius 3 is 2.76 bits per heavy atom. The van der Waals surface area contributed by atoms with E-state index in [4.69, 9.17) is 14.5 Å². The lowest BCUT2D eigenvalue weighted by Gasteiger charge is -2.20. The van der Waals surface area contributed by atoms with E-state index in [0.717, 1.165) is 27.5 Å². The summed E-state index contributed by atoms with van der Waals surface area (Å²) >= 11 is 1.58. The minimum Gasteiger partial charge on any atom is -0.497 e. The molecule has 0 unspecified atom stereocenters. The van der Waals surface area contributed by atoms with E-state index in [1.807, 2.05) is 60.0 Å². The lowest BCUT2D eigenvalue weighted by Crippen LogP contribution is -2.26. The number of hydrogen-bond donors (Lipinski definition) is 1. The van der Waals surface area contributed by atoms with Crippen LogP contribution in [0.25, 0.3) is 11.0 Å². The first kappa shape index (κ1) is 22.7. The maximum atomic E-state index is 13.4. The van der Waals surface area contributed by atoms with Gasteiger partial charge in [0.1, 0.15) is 17.5 Å². The van der Waals surface area contributed by atoms with Crippen LogP contribution in [0.2, 0.25) is 0 Å². The number of carbonyl (C=O) groups excluding carboxylic acids is 1. The van der Waals surface area contributed by atoms with Crippen molar-refractivity contribution < 1.29 is 14.3 Å². The molecule has 8 heteroatoms. The van der Waals surface area contributed by atoms with Gasteiger partial charge < -0.3 is 19.4 Å². The first-order valence-electron chi connectivity index (χ1n) is 10.7. The molecule has 0 saturated heterocycles. The van der Waals surface area contributed by atoms with Crippen molar-refractivity contribution in [1.82, 2.24) is 14.5 Å². The largest absolute Gasteiger partial charge is 0.497 e. The number of carbonyl (C=O) groups is 1. The number of fused-ring (bicyclic) bond motifs is 1. The molecule has 7 nitrogen and oxygen atoms in total. The first-order chi connectivity index (χ1) is 16.1. The first-order valence-corrected chi connectivity index (χ1v) is 11.6. The Hall–Kier alpha value is -3.52. The van der Waals surface area contributed by atoms with Crippen LogP contribution in [0.5, 0.6) is 11.5 Å². The second kappa shape index (κ2) is 10.4. The van der Waals surface area contributed by atoms with Gasteiger partial charge in [0.15, 0.2) is 5.16 Å². The lowest BCUT2D eigenvalue weighted by atomic mass is 10.2. The topological polar surface area (TPSA) is 78.3 Å². The van der Waals surface area contributed by atoms with Gasteiger partial charge in [-0.25, -0.2) is 4.98 Å². The van der Waals surface area contributed by atoms with E-state index in [0.29, 0.717) is 23.6 Å². The molecular formula is C25H26N4O3S. The zero-order valence-corrected chi connectivity index (χ0v) is 19.6. The molecule has 0 radical (unpaired) electrons. The van der Waals surface area contributed by atoms with Gasteiger partial charge in [0, 0.05) is 11.9 Å². The number of anilines is 1. The van der Waals surface area contributed by atoms with Crippen LogP contribution >= 0.6 is 11.8 Å². The minimum absolute atomic E-state index is 0.131. The summed E-state index contributed by atoms with van der Waals surface area (Å²) in [6.07, 6.45) is 4.07. The number of thioether (sulfide) groups is 1. The molecule has 33 heavy (non-hydrogen) atoms. The normalized spacial score (nSPS) is 11.8. The fourth-order valence-corrected chi connectivity index (χ4v) is 4.68. The van der Waals surface area contributed by atoms with Crippen molar-refractivity contribution in [3.63, 3.8) is 0 Å². The van der Waals surface area contributed by atoms with Crippen LogP contribution in [-0.4, -0.2) is 34.7 Å². The number of amides is 1. The fraction of sp³-hybridized carbons (Fsp3) is 0.240. The maximum Gasteiger partial charge on any atom is 0.247 e. The number of imidazole rings is 1. The molecule has 2 aromatic carbocycles. The van der Waals surface area contributed by atoms with Gasteiger partial charge in [0.05, 0.1) is 37.1 Å². The third-order valence-electron chi connectivity index (χ3n) is 5.33. The van der Waals surface area contributed by atoms with E-state index >= 15 is 0 Å². The lowest BCUT2D eigenvalue weighted by molar-refractivity contribution is -0.119. The number of ether oxygens (including phenoxy) is 2. The van der Waals surface area contributed by atoms with E-state index in [1.165, 1.54) is 0 Å². The van der Waals surface area contributed by atoms with Crippen LogP contribution in [-0.2, 0) is 10.5 Å². The quantitative estimate of drug-likeness (QED) is 0.339. The number of para-hydroxylation sites is 2. The van der Waals surface area contributed by atoms with Crippen LogP contribution in [0.1, 0.15) is 24.9 Å². The molecule has 1 N–H and O–H groups in total. The van der Waals surface area contributed by atoms with Gasteiger partial charge in [-0.3, -0.25) is 9.78 Å². The van der Waals surface area contributed by atoms with Gasteiger partial charge in [0.2, 0.25) is 5.91 Å². The SMILES string of the molecule is CC[C@@H](C(=O)Nc1ccccc1OC)n1c(SCc2cccc(OC)c2)nc2ccncc21. The van der Waals surface area contributed by atoms with E-state index in [2.05, 4.69) is 16.4 Å². The Labute approximate surface area is 197 Å². The number of hydrogen-bond acceptors (Lipinski definition) is 6. The molecule has 0 aliphatic heterocycles. The average molecular weight is 463 g/mol. The van der Waals surface area contributed by atoms with Crippen molar-refractivity contribution >= 4 is 34.4 Å². The predicted molar refractivity (Wildman–Crippen MR) is 131 cm³/mol. The molecule has 0 saturated carbocycles. The molecule has 0 aliphatic carbocycles. The van der Waals surface area contributed by atoms with E-state index < -0.39 is 6.04 Å². The Balaban J connectivity index is 1.66. The second-order valence-electron chi connectivity index (χ2n) is 7.38. The van der Waals surface area contributed by atoms with Gasteiger partial charge in [-0.1, -0.05) is 43.0 Å². The Bertz CT molecular complexity index is 1260. The van der Waals surface area contributed by atoms with Gasteiger partial charge >= 0.3 is 0 Å². The highest BCUT2D eigenvalue weighted by Gasteiger charge is 2.25. The molecule has 4 aromatic rings. The van der Waals surface area contributed by atoms with Crippen molar-refractivity contribution in [3.05, 3.63) is 72.6 Å². The highest BCUT2D eigenvalue weighted by molar-refractivity contribution is 7.98. The van der Waals surface area contributed by atoms with Crippen LogP contribution < -0.4 is 14.8 Å². The standard InChI is InChI=1S/C25H26N4O3S/c1-4-21(24(30)27-20-10-5-6-11-23(20)32-3)29-22-15-26-13-12-19(22)28-25(29)33-16-17-8-7-9-18(14-17)31-2/h5-15,21H,4,16H2,1-3H3,(H,27,30)/t21-/m0/s1. The summed E-state index contributed by atoms with van der Waals surface area (Å²) in [6.45, 7) is 1.99. The number of rotatable bonds is 9. The van der Waals surface area contributed by atoms with Crippen LogP contribution in [0.4, 0.5) is 5.69 Å². The highest BCUT2D eigenvalue weighted by atomic mass is 32.2. The number of methoxy groups -OCH3 is 2. The van der Waals surface area contributed by atoms with Crippen molar-refractivity contribution in [3.8, 4) is 11.5 Å². The summed E-state index contributed by atoms with van der Waals surface area (Å²) in [6, 6.07) is 16.7. The zero-order chi connectivity index (χ0) is 23.2. The van der Waals surface area contributed by atoms with Gasteiger partial charge in [-0.15, -0.1) is 0 Å². The monoisotopic (exact) mass is 462 g/mol. The molecule has 1 atom stereocenters. The smallest absolute Gasteiger partial charge is 0.247 e. The number of nitrogens with one attached hydrogen (secondary N) is 1. The molecule has 0 aliphatic rings. The van der Waals surface area contributed by atoms with Crippen LogP contribution in [0.15, 0.2) is 72.1 Å². The summed E-state index contributed by atoms with van der Waals surface area (Å²) in [5.41, 5.74) is 3.38. The summed E-state index contributed by atoms with van der Waals surface area (Å²) in [4.78, 5) is 22.5. The van der Waals surface area contributed by atoms with E-state index in [9.17, 15) is 4.79 Å². The van der Waals surface area contributed by atoms with Crippen LogP contribution in [0.3, 0.4) is 0 Å². The second-order valence-corrected chi connectivity index (χ2v) is 8.33. The predicted octanol–water partition coefficient (Wildman–Crippen LogP) is 5.33. The Morgan fingerprint density at radius 1 is 1.12 bits per heavy atom. The highest BCUT2D eigenvalue weighted by Crippen LogP contribution is 2.33. The maximum absolute atomic E-state index is 13.4. The molecular weight excluding hydrogens is 436 g/mol. The number of aromatic nitrogens is 3. The Kier molecular flexibility index (Phi) is 7.14. The molecule has 2 heterocycles. The summed E-state index contributed by atoms with van der Waals surface area (Å²) in [7, 11) is 3.25. The Morgan fingerprint density at radius 2 is 1.97 bits per heavy atom. The number of nitrogens with zero attached hydrogens (tertiary/aromatic N) is 3. The molecule has 1 amide bonds. The molecule has 4 rings (SSSR count). The minimum atomic E-state index is -0.461. The molecule has 0 spiro atoms. The third kappa shape index (κ3) is 4.96. The van der Waals surface area contributed by atoms with Gasteiger partial charge in [-0.05, 0) is 42.3 Å². The van der Waals surface area contributed by atoms with Crippen molar-refractivity contribution in [2.75, 3.05) is 19.5 Å². The van der Waals surface area contributed by atoms with Crippen molar-refractivity contribution in [2.24, 2.45) is 0 Å².